The quantitative estimate of drug-likeness (QED) is 0.731. The third-order valence-corrected chi connectivity index (χ3v) is 1.75. The Hall–Kier alpha value is -1.09. The number of pyridine rings is 1. The topological polar surface area (TPSA) is 48.1 Å². The van der Waals surface area contributed by atoms with Gasteiger partial charge in [-0.3, -0.25) is 4.98 Å². The summed E-state index contributed by atoms with van der Waals surface area (Å²) in [5.74, 6) is 0.842. The lowest BCUT2D eigenvalue weighted by atomic mass is 10.2. The van der Waals surface area contributed by atoms with Gasteiger partial charge in [-0.2, -0.15) is 0 Å². The van der Waals surface area contributed by atoms with Crippen LogP contribution in [0.3, 0.4) is 0 Å². The molecule has 0 aliphatic rings. The molecule has 0 radical (unpaired) electrons. The first-order chi connectivity index (χ1) is 5.81. The molecule has 3 nitrogen and oxygen atoms in total. The molecule has 0 saturated heterocycles. The number of nitrogens with two attached hydrogens (primary N) is 1. The summed E-state index contributed by atoms with van der Waals surface area (Å²) < 4.78 is 5.13. The SMILES string of the molecule is CCc1nc(CN)ccc1OC. The zero-order valence-corrected chi connectivity index (χ0v) is 7.50. The summed E-state index contributed by atoms with van der Waals surface area (Å²) in [6, 6.07) is 3.80. The van der Waals surface area contributed by atoms with Gasteiger partial charge in [0.15, 0.2) is 0 Å². The summed E-state index contributed by atoms with van der Waals surface area (Å²) in [6.07, 6.45) is 0.872. The molecular weight excluding hydrogens is 152 g/mol. The molecule has 0 saturated carbocycles. The highest BCUT2D eigenvalue weighted by molar-refractivity contribution is 5.29. The molecule has 1 aromatic rings. The average molecular weight is 166 g/mol. The number of hydrogen-bond acceptors (Lipinski definition) is 3. The summed E-state index contributed by atoms with van der Waals surface area (Å²) in [5.41, 5.74) is 7.34. The summed E-state index contributed by atoms with van der Waals surface area (Å²) in [6.45, 7) is 2.53. The number of ether oxygens (including phenoxy) is 1. The van der Waals surface area contributed by atoms with Gasteiger partial charge in [0, 0.05) is 6.54 Å². The van der Waals surface area contributed by atoms with Crippen molar-refractivity contribution in [1.82, 2.24) is 4.98 Å². The minimum Gasteiger partial charge on any atom is -0.495 e. The molecule has 0 amide bonds. The van der Waals surface area contributed by atoms with Crippen LogP contribution in [0.2, 0.25) is 0 Å². The monoisotopic (exact) mass is 166 g/mol. The van der Waals surface area contributed by atoms with Crippen molar-refractivity contribution in [2.75, 3.05) is 7.11 Å². The molecule has 1 heterocycles. The summed E-state index contributed by atoms with van der Waals surface area (Å²) in [7, 11) is 1.65. The summed E-state index contributed by atoms with van der Waals surface area (Å²) >= 11 is 0. The first kappa shape index (κ1) is 9.00. The number of nitrogens with zero attached hydrogens (tertiary/aromatic N) is 1. The molecule has 3 heteroatoms. The fourth-order valence-electron chi connectivity index (χ4n) is 1.09. The van der Waals surface area contributed by atoms with Crippen molar-refractivity contribution in [3.8, 4) is 5.75 Å². The Bertz CT molecular complexity index is 261. The van der Waals surface area contributed by atoms with Gasteiger partial charge in [-0.15, -0.1) is 0 Å². The lowest BCUT2D eigenvalue weighted by molar-refractivity contribution is 0.407. The van der Waals surface area contributed by atoms with Gasteiger partial charge in [0.25, 0.3) is 0 Å². The molecule has 1 rings (SSSR count). The van der Waals surface area contributed by atoms with Crippen molar-refractivity contribution in [1.29, 1.82) is 0 Å². The second kappa shape index (κ2) is 4.07. The molecule has 0 aromatic carbocycles. The van der Waals surface area contributed by atoms with E-state index in [1.54, 1.807) is 7.11 Å². The first-order valence-electron chi connectivity index (χ1n) is 4.04. The maximum Gasteiger partial charge on any atom is 0.140 e. The van der Waals surface area contributed by atoms with Gasteiger partial charge < -0.3 is 10.5 Å². The van der Waals surface area contributed by atoms with E-state index in [1.165, 1.54) is 0 Å². The van der Waals surface area contributed by atoms with Crippen LogP contribution in [0.4, 0.5) is 0 Å². The van der Waals surface area contributed by atoms with E-state index >= 15 is 0 Å². The first-order valence-corrected chi connectivity index (χ1v) is 4.04. The normalized spacial score (nSPS) is 9.92. The Morgan fingerprint density at radius 2 is 2.25 bits per heavy atom. The zero-order valence-electron chi connectivity index (χ0n) is 7.50. The molecule has 0 fully saturated rings. The standard InChI is InChI=1S/C9H14N2O/c1-3-8-9(12-2)5-4-7(6-10)11-8/h4-5H,3,6,10H2,1-2H3. The van der Waals surface area contributed by atoms with Crippen LogP contribution in [0.15, 0.2) is 12.1 Å². The Labute approximate surface area is 72.6 Å². The van der Waals surface area contributed by atoms with E-state index in [4.69, 9.17) is 10.5 Å². The van der Waals surface area contributed by atoms with E-state index < -0.39 is 0 Å². The van der Waals surface area contributed by atoms with Crippen molar-refractivity contribution in [3.05, 3.63) is 23.5 Å². The smallest absolute Gasteiger partial charge is 0.140 e. The molecular formula is C9H14N2O. The molecule has 12 heavy (non-hydrogen) atoms. The highest BCUT2D eigenvalue weighted by atomic mass is 16.5. The summed E-state index contributed by atoms with van der Waals surface area (Å²) in [5, 5.41) is 0. The number of hydrogen-bond donors (Lipinski definition) is 1. The lowest BCUT2D eigenvalue weighted by Crippen LogP contribution is -2.03. The third-order valence-electron chi connectivity index (χ3n) is 1.75. The van der Waals surface area contributed by atoms with Gasteiger partial charge in [-0.25, -0.2) is 0 Å². The predicted octanol–water partition coefficient (Wildman–Crippen LogP) is 1.11. The zero-order chi connectivity index (χ0) is 8.97. The van der Waals surface area contributed by atoms with Crippen LogP contribution in [0.5, 0.6) is 5.75 Å². The van der Waals surface area contributed by atoms with Gasteiger partial charge in [-0.1, -0.05) is 6.92 Å². The number of aromatic nitrogens is 1. The molecule has 0 aliphatic carbocycles. The van der Waals surface area contributed by atoms with Gasteiger partial charge in [0.05, 0.1) is 18.5 Å². The Balaban J connectivity index is 3.02. The highest BCUT2D eigenvalue weighted by Gasteiger charge is 2.02. The Morgan fingerprint density at radius 1 is 1.50 bits per heavy atom. The van der Waals surface area contributed by atoms with Gasteiger partial charge in [0.1, 0.15) is 5.75 Å². The van der Waals surface area contributed by atoms with Crippen LogP contribution in [0.25, 0.3) is 0 Å². The van der Waals surface area contributed by atoms with Crippen LogP contribution in [0, 0.1) is 0 Å². The van der Waals surface area contributed by atoms with Crippen molar-refractivity contribution in [3.63, 3.8) is 0 Å². The highest BCUT2D eigenvalue weighted by Crippen LogP contribution is 2.16. The second-order valence-electron chi connectivity index (χ2n) is 2.51. The van der Waals surface area contributed by atoms with Gasteiger partial charge in [-0.05, 0) is 18.6 Å². The largest absolute Gasteiger partial charge is 0.495 e. The van der Waals surface area contributed by atoms with Crippen LogP contribution >= 0.6 is 0 Å². The van der Waals surface area contributed by atoms with Crippen LogP contribution in [0.1, 0.15) is 18.3 Å². The number of aryl methyl sites for hydroxylation is 1. The van der Waals surface area contributed by atoms with Crippen LogP contribution in [-0.2, 0) is 13.0 Å². The fraction of sp³-hybridized carbons (Fsp3) is 0.444. The molecule has 0 bridgehead atoms. The van der Waals surface area contributed by atoms with E-state index in [2.05, 4.69) is 4.98 Å². The lowest BCUT2D eigenvalue weighted by Gasteiger charge is -2.06. The van der Waals surface area contributed by atoms with Crippen molar-refractivity contribution in [2.24, 2.45) is 5.73 Å². The molecule has 0 atom stereocenters. The molecule has 66 valence electrons. The second-order valence-corrected chi connectivity index (χ2v) is 2.51. The van der Waals surface area contributed by atoms with E-state index in [0.717, 1.165) is 23.6 Å². The molecule has 0 spiro atoms. The van der Waals surface area contributed by atoms with E-state index in [-0.39, 0.29) is 0 Å². The Kier molecular flexibility index (Phi) is 3.05. The summed E-state index contributed by atoms with van der Waals surface area (Å²) in [4.78, 5) is 4.33. The van der Waals surface area contributed by atoms with E-state index in [0.29, 0.717) is 6.54 Å². The van der Waals surface area contributed by atoms with Gasteiger partial charge in [0.2, 0.25) is 0 Å². The van der Waals surface area contributed by atoms with Crippen molar-refractivity contribution >= 4 is 0 Å². The van der Waals surface area contributed by atoms with E-state index in [9.17, 15) is 0 Å². The fourth-order valence-corrected chi connectivity index (χ4v) is 1.09. The van der Waals surface area contributed by atoms with Gasteiger partial charge >= 0.3 is 0 Å². The maximum absolute atomic E-state index is 5.46. The molecule has 0 unspecified atom stereocenters. The van der Waals surface area contributed by atoms with E-state index in [1.807, 2.05) is 19.1 Å². The molecule has 1 aromatic heterocycles. The number of methoxy groups -OCH3 is 1. The third kappa shape index (κ3) is 1.74. The minimum atomic E-state index is 0.483. The molecule has 0 aliphatic heterocycles. The Morgan fingerprint density at radius 3 is 2.75 bits per heavy atom. The average Bonchev–Trinajstić information content (AvgIpc) is 2.16. The molecule has 2 N–H and O–H groups in total. The number of rotatable bonds is 3. The van der Waals surface area contributed by atoms with Crippen molar-refractivity contribution in [2.45, 2.75) is 19.9 Å². The van der Waals surface area contributed by atoms with Crippen LogP contribution in [-0.4, -0.2) is 12.1 Å². The predicted molar refractivity (Wildman–Crippen MR) is 48.1 cm³/mol. The maximum atomic E-state index is 5.46. The van der Waals surface area contributed by atoms with Crippen LogP contribution < -0.4 is 10.5 Å². The minimum absolute atomic E-state index is 0.483. The van der Waals surface area contributed by atoms with Crippen molar-refractivity contribution < 1.29 is 4.74 Å².